The minimum Gasteiger partial charge on any atom is -0.325 e. The topological polar surface area (TPSA) is 80.3 Å². The van der Waals surface area contributed by atoms with Crippen molar-refractivity contribution in [3.8, 4) is 0 Å². The minimum atomic E-state index is 0.537. The van der Waals surface area contributed by atoms with Gasteiger partial charge in [0.05, 0.1) is 19.3 Å². The molecule has 0 amide bonds. The molecule has 6 heteroatoms. The zero-order valence-corrected chi connectivity index (χ0v) is 10.9. The summed E-state index contributed by atoms with van der Waals surface area (Å²) in [6.45, 7) is 3.33. The molecule has 0 bridgehead atoms. The number of hydrogen-bond acceptors (Lipinski definition) is 3. The molecule has 0 aliphatic rings. The summed E-state index contributed by atoms with van der Waals surface area (Å²) in [7, 11) is 0. The highest BCUT2D eigenvalue weighted by atomic mass is 15.3. The Morgan fingerprint density at radius 1 is 1.37 bits per heavy atom. The molecule has 19 heavy (non-hydrogen) atoms. The van der Waals surface area contributed by atoms with Crippen molar-refractivity contribution in [3.63, 3.8) is 0 Å². The first-order valence-corrected chi connectivity index (χ1v) is 6.10. The highest BCUT2D eigenvalue weighted by Gasteiger charge is 1.97. The smallest absolute Gasteiger partial charge is 0.210 e. The summed E-state index contributed by atoms with van der Waals surface area (Å²) in [5.74, 6) is 5.98. The van der Waals surface area contributed by atoms with Crippen molar-refractivity contribution in [2.45, 2.75) is 13.5 Å². The van der Waals surface area contributed by atoms with Gasteiger partial charge in [-0.1, -0.05) is 18.2 Å². The van der Waals surface area contributed by atoms with E-state index in [0.29, 0.717) is 12.5 Å². The van der Waals surface area contributed by atoms with Gasteiger partial charge in [-0.25, -0.2) is 10.8 Å². The molecule has 0 saturated carbocycles. The number of guanidine groups is 1. The molecule has 6 nitrogen and oxygen atoms in total. The third kappa shape index (κ3) is 4.11. The van der Waals surface area contributed by atoms with Crippen LogP contribution in [0.15, 0.2) is 47.7 Å². The van der Waals surface area contributed by atoms with Crippen LogP contribution in [-0.2, 0) is 6.54 Å². The molecule has 0 atom stereocenters. The van der Waals surface area contributed by atoms with Crippen LogP contribution in [0.5, 0.6) is 0 Å². The van der Waals surface area contributed by atoms with Crippen molar-refractivity contribution < 1.29 is 0 Å². The number of anilines is 1. The molecule has 0 unspecified atom stereocenters. The van der Waals surface area contributed by atoms with E-state index in [1.807, 2.05) is 54.3 Å². The molecule has 1 heterocycles. The number of aryl methyl sites for hydroxylation is 1. The summed E-state index contributed by atoms with van der Waals surface area (Å²) in [6.07, 6.45) is 3.81. The summed E-state index contributed by atoms with van der Waals surface area (Å²) in [5.41, 5.74) is 4.63. The highest BCUT2D eigenvalue weighted by Crippen LogP contribution is 2.04. The zero-order valence-electron chi connectivity index (χ0n) is 10.9. The van der Waals surface area contributed by atoms with Crippen molar-refractivity contribution in [1.29, 1.82) is 0 Å². The molecule has 0 fully saturated rings. The number of hydrazine groups is 1. The largest absolute Gasteiger partial charge is 0.325 e. The maximum absolute atomic E-state index is 5.44. The van der Waals surface area contributed by atoms with Crippen molar-refractivity contribution in [2.24, 2.45) is 10.8 Å². The van der Waals surface area contributed by atoms with Crippen molar-refractivity contribution in [3.05, 3.63) is 48.3 Å². The quantitative estimate of drug-likeness (QED) is 0.332. The first-order valence-electron chi connectivity index (χ1n) is 6.10. The lowest BCUT2D eigenvalue weighted by Crippen LogP contribution is -2.36. The van der Waals surface area contributed by atoms with Crippen molar-refractivity contribution in [1.82, 2.24) is 15.2 Å². The van der Waals surface area contributed by atoms with E-state index >= 15 is 0 Å². The van der Waals surface area contributed by atoms with Gasteiger partial charge in [-0.2, -0.15) is 5.10 Å². The van der Waals surface area contributed by atoms with E-state index in [1.54, 1.807) is 0 Å². The first kappa shape index (κ1) is 13.1. The van der Waals surface area contributed by atoms with Gasteiger partial charge in [0.1, 0.15) is 0 Å². The minimum absolute atomic E-state index is 0.537. The molecule has 100 valence electrons. The van der Waals surface area contributed by atoms with Crippen LogP contribution < -0.4 is 16.6 Å². The fraction of sp³-hybridized carbons (Fsp3) is 0.231. The van der Waals surface area contributed by atoms with E-state index in [4.69, 9.17) is 5.84 Å². The molecular weight excluding hydrogens is 240 g/mol. The number of nitrogens with one attached hydrogen (secondary N) is 2. The zero-order chi connectivity index (χ0) is 13.5. The van der Waals surface area contributed by atoms with Crippen molar-refractivity contribution >= 4 is 11.6 Å². The van der Waals surface area contributed by atoms with Crippen LogP contribution in [0.1, 0.15) is 5.56 Å². The molecule has 0 aliphatic heterocycles. The van der Waals surface area contributed by atoms with E-state index in [0.717, 1.165) is 17.8 Å². The molecule has 0 saturated heterocycles. The fourth-order valence-corrected chi connectivity index (χ4v) is 1.63. The van der Waals surface area contributed by atoms with E-state index in [2.05, 4.69) is 20.8 Å². The Balaban J connectivity index is 1.88. The normalized spacial score (nSPS) is 11.4. The van der Waals surface area contributed by atoms with Gasteiger partial charge >= 0.3 is 0 Å². The maximum Gasteiger partial charge on any atom is 0.210 e. The standard InChI is InChI=1S/C13H18N6/c1-11-9-16-19(10-11)8-7-15-13(18-14)17-12-5-3-2-4-6-12/h2-6,9-10H,7-8,14H2,1H3,(H2,15,17,18). The van der Waals surface area contributed by atoms with Crippen molar-refractivity contribution in [2.75, 3.05) is 11.9 Å². The number of nitrogens with two attached hydrogens (primary N) is 1. The molecule has 4 N–H and O–H groups in total. The lowest BCUT2D eigenvalue weighted by atomic mass is 10.3. The second-order valence-electron chi connectivity index (χ2n) is 4.15. The Kier molecular flexibility index (Phi) is 4.52. The van der Waals surface area contributed by atoms with E-state index in [9.17, 15) is 0 Å². The molecule has 1 aromatic carbocycles. The van der Waals surface area contributed by atoms with Gasteiger partial charge in [0.15, 0.2) is 0 Å². The summed E-state index contributed by atoms with van der Waals surface area (Å²) in [5, 5.41) is 7.30. The van der Waals surface area contributed by atoms with Gasteiger partial charge in [0.25, 0.3) is 0 Å². The van der Waals surface area contributed by atoms with Crippen LogP contribution in [0.3, 0.4) is 0 Å². The predicted molar refractivity (Wildman–Crippen MR) is 76.7 cm³/mol. The average molecular weight is 258 g/mol. The second kappa shape index (κ2) is 6.55. The first-order chi connectivity index (χ1) is 9.28. The average Bonchev–Trinajstić information content (AvgIpc) is 2.84. The van der Waals surface area contributed by atoms with Crippen LogP contribution in [0, 0.1) is 6.92 Å². The van der Waals surface area contributed by atoms with E-state index in [-0.39, 0.29) is 0 Å². The third-order valence-electron chi connectivity index (χ3n) is 2.53. The van der Waals surface area contributed by atoms with Gasteiger partial charge in [-0.3, -0.25) is 10.1 Å². The van der Waals surface area contributed by atoms with Gasteiger partial charge < -0.3 is 5.32 Å². The number of aromatic nitrogens is 2. The number of aliphatic imine (C=N–C) groups is 1. The SMILES string of the molecule is Cc1cnn(CCN=C(NN)Nc2ccccc2)c1. The summed E-state index contributed by atoms with van der Waals surface area (Å²) >= 11 is 0. The Morgan fingerprint density at radius 3 is 2.79 bits per heavy atom. The highest BCUT2D eigenvalue weighted by molar-refractivity contribution is 5.93. The number of hydrogen-bond donors (Lipinski definition) is 3. The van der Waals surface area contributed by atoms with E-state index in [1.165, 1.54) is 0 Å². The van der Waals surface area contributed by atoms with Crippen LogP contribution >= 0.6 is 0 Å². The number of nitrogens with zero attached hydrogens (tertiary/aromatic N) is 3. The fourth-order valence-electron chi connectivity index (χ4n) is 1.63. The summed E-state index contributed by atoms with van der Waals surface area (Å²) in [6, 6.07) is 9.75. The molecular formula is C13H18N6. The van der Waals surface area contributed by atoms with E-state index < -0.39 is 0 Å². The number of benzene rings is 1. The Labute approximate surface area is 112 Å². The number of rotatable bonds is 4. The Morgan fingerprint density at radius 2 is 2.16 bits per heavy atom. The van der Waals surface area contributed by atoms with Gasteiger partial charge in [0.2, 0.25) is 5.96 Å². The maximum atomic E-state index is 5.44. The molecule has 0 radical (unpaired) electrons. The number of para-hydroxylation sites is 1. The monoisotopic (exact) mass is 258 g/mol. The lowest BCUT2D eigenvalue weighted by Gasteiger charge is -2.08. The van der Waals surface area contributed by atoms with Gasteiger partial charge in [-0.15, -0.1) is 0 Å². The van der Waals surface area contributed by atoms with Crippen LogP contribution in [0.2, 0.25) is 0 Å². The summed E-state index contributed by atoms with van der Waals surface area (Å²) < 4.78 is 1.86. The van der Waals surface area contributed by atoms with Gasteiger partial charge in [0, 0.05) is 11.9 Å². The molecule has 0 spiro atoms. The molecule has 2 rings (SSSR count). The molecule has 2 aromatic rings. The third-order valence-corrected chi connectivity index (χ3v) is 2.53. The molecule has 1 aromatic heterocycles. The van der Waals surface area contributed by atoms with Crippen LogP contribution in [0.25, 0.3) is 0 Å². The summed E-state index contributed by atoms with van der Waals surface area (Å²) in [4.78, 5) is 4.35. The lowest BCUT2D eigenvalue weighted by molar-refractivity contribution is 0.624. The van der Waals surface area contributed by atoms with Gasteiger partial charge in [-0.05, 0) is 24.6 Å². The predicted octanol–water partition coefficient (Wildman–Crippen LogP) is 1.12. The van der Waals surface area contributed by atoms with Crippen LogP contribution in [-0.4, -0.2) is 22.3 Å². The Hall–Kier alpha value is -2.34. The Bertz CT molecular complexity index is 531. The van der Waals surface area contributed by atoms with Crippen LogP contribution in [0.4, 0.5) is 5.69 Å². The second-order valence-corrected chi connectivity index (χ2v) is 4.15. The molecule has 0 aliphatic carbocycles.